The van der Waals surface area contributed by atoms with Gasteiger partial charge >= 0.3 is 5.97 Å². The Labute approximate surface area is 84.9 Å². The highest BCUT2D eigenvalue weighted by molar-refractivity contribution is 7.98. The van der Waals surface area contributed by atoms with Gasteiger partial charge in [0.2, 0.25) is 0 Å². The SMILES string of the molecule is COc1ccc(C(=O)O)c(F)c1SC. The predicted molar refractivity (Wildman–Crippen MR) is 51.7 cm³/mol. The molecule has 1 rings (SSSR count). The zero-order valence-electron chi connectivity index (χ0n) is 7.70. The van der Waals surface area contributed by atoms with Gasteiger partial charge in [-0.2, -0.15) is 0 Å². The van der Waals surface area contributed by atoms with E-state index in [0.29, 0.717) is 5.75 Å². The maximum atomic E-state index is 13.5. The summed E-state index contributed by atoms with van der Waals surface area (Å²) in [7, 11) is 1.41. The molecule has 1 aromatic rings. The zero-order chi connectivity index (χ0) is 10.7. The Morgan fingerprint density at radius 1 is 1.57 bits per heavy atom. The number of carbonyl (C=O) groups is 1. The Morgan fingerprint density at radius 2 is 2.21 bits per heavy atom. The largest absolute Gasteiger partial charge is 0.495 e. The Morgan fingerprint density at radius 3 is 2.64 bits per heavy atom. The molecule has 0 unspecified atom stereocenters. The van der Waals surface area contributed by atoms with E-state index < -0.39 is 11.8 Å². The van der Waals surface area contributed by atoms with Gasteiger partial charge in [0.05, 0.1) is 17.6 Å². The highest BCUT2D eigenvalue weighted by Gasteiger charge is 2.17. The Kier molecular flexibility index (Phi) is 3.35. The second-order valence-electron chi connectivity index (χ2n) is 2.47. The molecule has 14 heavy (non-hydrogen) atoms. The lowest BCUT2D eigenvalue weighted by Crippen LogP contribution is -2.02. The summed E-state index contributed by atoms with van der Waals surface area (Å²) >= 11 is 1.11. The minimum absolute atomic E-state index is 0.215. The van der Waals surface area contributed by atoms with Crippen molar-refractivity contribution in [2.45, 2.75) is 4.90 Å². The van der Waals surface area contributed by atoms with Crippen LogP contribution < -0.4 is 4.74 Å². The zero-order valence-corrected chi connectivity index (χ0v) is 8.52. The number of halogens is 1. The molecular weight excluding hydrogens is 207 g/mol. The molecule has 5 heteroatoms. The van der Waals surface area contributed by atoms with E-state index in [9.17, 15) is 9.18 Å². The number of methoxy groups -OCH3 is 1. The van der Waals surface area contributed by atoms with Gasteiger partial charge in [-0.3, -0.25) is 0 Å². The summed E-state index contributed by atoms with van der Waals surface area (Å²) in [6.07, 6.45) is 1.66. The smallest absolute Gasteiger partial charge is 0.338 e. The Balaban J connectivity index is 3.34. The molecule has 76 valence electrons. The lowest BCUT2D eigenvalue weighted by molar-refractivity contribution is 0.0691. The molecule has 1 N–H and O–H groups in total. The summed E-state index contributed by atoms with van der Waals surface area (Å²) < 4.78 is 18.4. The molecule has 0 heterocycles. The standard InChI is InChI=1S/C9H9FO3S/c1-13-6-4-3-5(9(11)12)7(10)8(6)14-2/h3-4H,1-2H3,(H,11,12). The van der Waals surface area contributed by atoms with Gasteiger partial charge in [-0.25, -0.2) is 9.18 Å². The molecule has 0 atom stereocenters. The average Bonchev–Trinajstić information content (AvgIpc) is 2.16. The third-order valence-corrected chi connectivity index (χ3v) is 2.50. The van der Waals surface area contributed by atoms with Crippen LogP contribution in [0, 0.1) is 5.82 Å². The number of hydrogen-bond donors (Lipinski definition) is 1. The van der Waals surface area contributed by atoms with Crippen molar-refractivity contribution in [2.75, 3.05) is 13.4 Å². The van der Waals surface area contributed by atoms with E-state index in [4.69, 9.17) is 9.84 Å². The third kappa shape index (κ3) is 1.82. The first kappa shape index (κ1) is 10.8. The van der Waals surface area contributed by atoms with Gasteiger partial charge in [0.1, 0.15) is 5.75 Å². The van der Waals surface area contributed by atoms with Crippen LogP contribution in [0.2, 0.25) is 0 Å². The molecule has 1 aromatic carbocycles. The van der Waals surface area contributed by atoms with Crippen LogP contribution in [0.25, 0.3) is 0 Å². The van der Waals surface area contributed by atoms with E-state index >= 15 is 0 Å². The minimum atomic E-state index is -1.28. The summed E-state index contributed by atoms with van der Waals surface area (Å²) in [5.41, 5.74) is -0.338. The number of rotatable bonds is 3. The van der Waals surface area contributed by atoms with Gasteiger partial charge < -0.3 is 9.84 Å². The summed E-state index contributed by atoms with van der Waals surface area (Å²) in [5.74, 6) is -1.68. The average molecular weight is 216 g/mol. The lowest BCUT2D eigenvalue weighted by Gasteiger charge is -2.08. The third-order valence-electron chi connectivity index (χ3n) is 1.72. The van der Waals surface area contributed by atoms with Crippen molar-refractivity contribution in [1.82, 2.24) is 0 Å². The molecule has 0 aromatic heterocycles. The van der Waals surface area contributed by atoms with Crippen LogP contribution in [-0.4, -0.2) is 24.4 Å². The summed E-state index contributed by atoms with van der Waals surface area (Å²) in [6, 6.07) is 2.63. The first-order valence-electron chi connectivity index (χ1n) is 3.75. The monoisotopic (exact) mass is 216 g/mol. The number of thioether (sulfide) groups is 1. The quantitative estimate of drug-likeness (QED) is 0.787. The number of aromatic carboxylic acids is 1. The van der Waals surface area contributed by atoms with Crippen LogP contribution in [0.15, 0.2) is 17.0 Å². The topological polar surface area (TPSA) is 46.5 Å². The highest BCUT2D eigenvalue weighted by Crippen LogP contribution is 2.31. The van der Waals surface area contributed by atoms with Crippen molar-refractivity contribution in [2.24, 2.45) is 0 Å². The summed E-state index contributed by atoms with van der Waals surface area (Å²) in [6.45, 7) is 0. The van der Waals surface area contributed by atoms with E-state index in [1.54, 1.807) is 6.26 Å². The molecule has 0 amide bonds. The van der Waals surface area contributed by atoms with E-state index in [1.807, 2.05) is 0 Å². The van der Waals surface area contributed by atoms with Gasteiger partial charge in [0.15, 0.2) is 5.82 Å². The van der Waals surface area contributed by atoms with Crippen molar-refractivity contribution in [3.63, 3.8) is 0 Å². The normalized spacial score (nSPS) is 9.93. The molecule has 0 aliphatic rings. The van der Waals surface area contributed by atoms with Crippen molar-refractivity contribution in [1.29, 1.82) is 0 Å². The molecule has 0 aliphatic heterocycles. The van der Waals surface area contributed by atoms with E-state index in [0.717, 1.165) is 11.8 Å². The Bertz CT molecular complexity index is 365. The van der Waals surface area contributed by atoms with E-state index in [-0.39, 0.29) is 10.5 Å². The summed E-state index contributed by atoms with van der Waals surface area (Å²) in [4.78, 5) is 10.8. The second kappa shape index (κ2) is 4.32. The fourth-order valence-electron chi connectivity index (χ4n) is 1.05. The van der Waals surface area contributed by atoms with Crippen molar-refractivity contribution in [3.8, 4) is 5.75 Å². The molecule has 3 nitrogen and oxygen atoms in total. The second-order valence-corrected chi connectivity index (χ2v) is 3.28. The minimum Gasteiger partial charge on any atom is -0.495 e. The van der Waals surface area contributed by atoms with Crippen molar-refractivity contribution >= 4 is 17.7 Å². The van der Waals surface area contributed by atoms with E-state index in [2.05, 4.69) is 0 Å². The number of benzene rings is 1. The molecule has 0 radical (unpaired) electrons. The van der Waals surface area contributed by atoms with Gasteiger partial charge in [0, 0.05) is 0 Å². The van der Waals surface area contributed by atoms with Crippen LogP contribution in [-0.2, 0) is 0 Å². The molecule has 0 fully saturated rings. The molecular formula is C9H9FO3S. The maximum absolute atomic E-state index is 13.5. The van der Waals surface area contributed by atoms with Gasteiger partial charge in [0.25, 0.3) is 0 Å². The fourth-order valence-corrected chi connectivity index (χ4v) is 1.70. The lowest BCUT2D eigenvalue weighted by atomic mass is 10.2. The fraction of sp³-hybridized carbons (Fsp3) is 0.222. The van der Waals surface area contributed by atoms with Crippen LogP contribution >= 0.6 is 11.8 Å². The van der Waals surface area contributed by atoms with Crippen LogP contribution in [0.5, 0.6) is 5.75 Å². The predicted octanol–water partition coefficient (Wildman–Crippen LogP) is 2.25. The van der Waals surface area contributed by atoms with Crippen molar-refractivity contribution < 1.29 is 19.0 Å². The van der Waals surface area contributed by atoms with Crippen LogP contribution in [0.3, 0.4) is 0 Å². The van der Waals surface area contributed by atoms with E-state index in [1.165, 1.54) is 19.2 Å². The molecule has 0 bridgehead atoms. The first-order valence-corrected chi connectivity index (χ1v) is 4.98. The van der Waals surface area contributed by atoms with Crippen molar-refractivity contribution in [3.05, 3.63) is 23.5 Å². The van der Waals surface area contributed by atoms with Gasteiger partial charge in [-0.1, -0.05) is 0 Å². The van der Waals surface area contributed by atoms with Crippen LogP contribution in [0.4, 0.5) is 4.39 Å². The van der Waals surface area contributed by atoms with Gasteiger partial charge in [-0.05, 0) is 18.4 Å². The first-order chi connectivity index (χ1) is 6.61. The number of carboxylic acid groups (broad SMARTS) is 1. The van der Waals surface area contributed by atoms with Crippen LogP contribution in [0.1, 0.15) is 10.4 Å². The number of ether oxygens (including phenoxy) is 1. The molecule has 0 saturated carbocycles. The molecule has 0 spiro atoms. The maximum Gasteiger partial charge on any atom is 0.338 e. The summed E-state index contributed by atoms with van der Waals surface area (Å²) in [5, 5.41) is 8.66. The molecule has 0 saturated heterocycles. The Hall–Kier alpha value is -1.23. The van der Waals surface area contributed by atoms with Gasteiger partial charge in [-0.15, -0.1) is 11.8 Å². The molecule has 0 aliphatic carbocycles. The highest BCUT2D eigenvalue weighted by atomic mass is 32.2. The number of hydrogen-bond acceptors (Lipinski definition) is 3. The number of carboxylic acids is 1.